The van der Waals surface area contributed by atoms with E-state index in [1.54, 1.807) is 7.11 Å². The molecule has 1 saturated heterocycles. The van der Waals surface area contributed by atoms with Crippen molar-refractivity contribution in [3.63, 3.8) is 0 Å². The molecule has 1 aliphatic heterocycles. The van der Waals surface area contributed by atoms with Crippen LogP contribution >= 0.6 is 0 Å². The highest BCUT2D eigenvalue weighted by atomic mass is 16.5. The second-order valence-corrected chi connectivity index (χ2v) is 9.41. The second kappa shape index (κ2) is 12.1. The van der Waals surface area contributed by atoms with E-state index < -0.39 is 0 Å². The maximum atomic E-state index is 13.4. The first-order valence-electron chi connectivity index (χ1n) is 12.6. The second-order valence-electron chi connectivity index (χ2n) is 9.41. The molecule has 7 heteroatoms. The third-order valence-electron chi connectivity index (χ3n) is 6.97. The topological polar surface area (TPSA) is 54.0 Å². The summed E-state index contributed by atoms with van der Waals surface area (Å²) in [4.78, 5) is 17.6. The van der Waals surface area contributed by atoms with Crippen LogP contribution in [-0.2, 0) is 9.53 Å². The standard InChI is InChI=1S/C29H36BN3O3/c1-21-17-25(30)26(18-28(21)35-3)31-19-29(34)32(2)27(20-33-13-15-36-16-14-33)24-11-9-23(10-12-24)22-7-5-4-6-8-22/h4-12,17-18,27,31H,13-16,19-20,30H2,1-3H3. The van der Waals surface area contributed by atoms with Crippen LogP contribution in [0.4, 0.5) is 5.69 Å². The van der Waals surface area contributed by atoms with Crippen LogP contribution in [0.1, 0.15) is 17.2 Å². The molecule has 0 saturated carbocycles. The van der Waals surface area contributed by atoms with Crippen molar-refractivity contribution >= 4 is 24.9 Å². The molecule has 3 aromatic carbocycles. The molecule has 36 heavy (non-hydrogen) atoms. The molecule has 0 aromatic heterocycles. The van der Waals surface area contributed by atoms with Gasteiger partial charge in [0.1, 0.15) is 13.6 Å². The van der Waals surface area contributed by atoms with Crippen molar-refractivity contribution < 1.29 is 14.3 Å². The van der Waals surface area contributed by atoms with Crippen molar-refractivity contribution in [2.24, 2.45) is 0 Å². The number of ether oxygens (including phenoxy) is 2. The average molecular weight is 485 g/mol. The predicted octanol–water partition coefficient (Wildman–Crippen LogP) is 2.87. The molecule has 0 spiro atoms. The molecule has 188 valence electrons. The van der Waals surface area contributed by atoms with Gasteiger partial charge in [-0.3, -0.25) is 9.69 Å². The van der Waals surface area contributed by atoms with Crippen LogP contribution < -0.4 is 15.5 Å². The van der Waals surface area contributed by atoms with Crippen LogP contribution in [0.3, 0.4) is 0 Å². The van der Waals surface area contributed by atoms with E-state index in [-0.39, 0.29) is 18.5 Å². The van der Waals surface area contributed by atoms with Crippen LogP contribution in [0, 0.1) is 6.92 Å². The Balaban J connectivity index is 1.51. The maximum Gasteiger partial charge on any atom is 0.242 e. The predicted molar refractivity (Wildman–Crippen MR) is 149 cm³/mol. The monoisotopic (exact) mass is 485 g/mol. The molecule has 1 fully saturated rings. The molecule has 1 heterocycles. The summed E-state index contributed by atoms with van der Waals surface area (Å²) in [5, 5.41) is 3.33. The van der Waals surface area contributed by atoms with Gasteiger partial charge in [-0.2, -0.15) is 0 Å². The molecule has 3 aromatic rings. The number of benzene rings is 3. The minimum absolute atomic E-state index is 0.0411. The first kappa shape index (κ1) is 25.8. The first-order valence-corrected chi connectivity index (χ1v) is 12.6. The number of likely N-dealkylation sites (N-methyl/N-ethyl adjacent to an activating group) is 1. The molecule has 1 N–H and O–H groups in total. The summed E-state index contributed by atoms with van der Waals surface area (Å²) in [6, 6.07) is 22.9. The summed E-state index contributed by atoms with van der Waals surface area (Å²) in [6.07, 6.45) is 0. The van der Waals surface area contributed by atoms with Gasteiger partial charge in [-0.1, -0.05) is 66.1 Å². The van der Waals surface area contributed by atoms with Gasteiger partial charge in [-0.25, -0.2) is 0 Å². The summed E-state index contributed by atoms with van der Waals surface area (Å²) in [5.74, 6) is 0.854. The maximum absolute atomic E-state index is 13.4. The number of hydrogen-bond donors (Lipinski definition) is 1. The minimum Gasteiger partial charge on any atom is -0.496 e. The van der Waals surface area contributed by atoms with Gasteiger partial charge in [0.25, 0.3) is 0 Å². The van der Waals surface area contributed by atoms with Gasteiger partial charge in [-0.15, -0.1) is 0 Å². The quantitative estimate of drug-likeness (QED) is 0.473. The van der Waals surface area contributed by atoms with E-state index in [0.29, 0.717) is 0 Å². The molecule has 0 bridgehead atoms. The fourth-order valence-electron chi connectivity index (χ4n) is 4.72. The van der Waals surface area contributed by atoms with E-state index in [2.05, 4.69) is 64.8 Å². The van der Waals surface area contributed by atoms with Crippen LogP contribution in [-0.4, -0.2) is 77.1 Å². The van der Waals surface area contributed by atoms with Crippen LogP contribution in [0.25, 0.3) is 11.1 Å². The molecular formula is C29H36BN3O3. The fourth-order valence-corrected chi connectivity index (χ4v) is 4.72. The smallest absolute Gasteiger partial charge is 0.242 e. The van der Waals surface area contributed by atoms with Crippen molar-refractivity contribution in [2.75, 3.05) is 58.9 Å². The Morgan fingerprint density at radius 1 is 1.08 bits per heavy atom. The van der Waals surface area contributed by atoms with E-state index >= 15 is 0 Å². The Kier molecular flexibility index (Phi) is 8.67. The molecule has 4 rings (SSSR count). The van der Waals surface area contributed by atoms with Crippen LogP contribution in [0.2, 0.25) is 0 Å². The lowest BCUT2D eigenvalue weighted by molar-refractivity contribution is -0.130. The van der Waals surface area contributed by atoms with E-state index in [1.807, 2.05) is 38.9 Å². The van der Waals surface area contributed by atoms with Crippen LogP contribution in [0.5, 0.6) is 5.75 Å². The zero-order valence-electron chi connectivity index (χ0n) is 21.8. The zero-order valence-corrected chi connectivity index (χ0v) is 21.8. The Morgan fingerprint density at radius 3 is 2.42 bits per heavy atom. The number of anilines is 1. The van der Waals surface area contributed by atoms with E-state index in [0.717, 1.165) is 60.9 Å². The summed E-state index contributed by atoms with van der Waals surface area (Å²) in [6.45, 7) is 6.22. The highest BCUT2D eigenvalue weighted by molar-refractivity contribution is 6.36. The Morgan fingerprint density at radius 2 is 1.75 bits per heavy atom. The molecular weight excluding hydrogens is 449 g/mol. The van der Waals surface area contributed by atoms with Gasteiger partial charge in [0, 0.05) is 38.4 Å². The summed E-state index contributed by atoms with van der Waals surface area (Å²) < 4.78 is 11.0. The van der Waals surface area contributed by atoms with Crippen LogP contribution in [0.15, 0.2) is 66.7 Å². The van der Waals surface area contributed by atoms with Crippen molar-refractivity contribution in [3.8, 4) is 16.9 Å². The number of aryl methyl sites for hydroxylation is 1. The van der Waals surface area contributed by atoms with Gasteiger partial charge in [-0.05, 0) is 29.2 Å². The van der Waals surface area contributed by atoms with E-state index in [4.69, 9.17) is 9.47 Å². The molecule has 1 unspecified atom stereocenters. The van der Waals surface area contributed by atoms with Gasteiger partial charge >= 0.3 is 0 Å². The number of nitrogens with zero attached hydrogens (tertiary/aromatic N) is 2. The van der Waals surface area contributed by atoms with Gasteiger partial charge < -0.3 is 19.7 Å². The van der Waals surface area contributed by atoms with E-state index in [9.17, 15) is 4.79 Å². The van der Waals surface area contributed by atoms with Crippen molar-refractivity contribution in [3.05, 3.63) is 77.9 Å². The normalized spacial score (nSPS) is 14.8. The number of carbonyl (C=O) groups is 1. The number of rotatable bonds is 9. The molecule has 0 radical (unpaired) electrons. The number of morpholine rings is 1. The van der Waals surface area contributed by atoms with Crippen molar-refractivity contribution in [1.29, 1.82) is 0 Å². The lowest BCUT2D eigenvalue weighted by Crippen LogP contribution is -2.45. The van der Waals surface area contributed by atoms with Crippen molar-refractivity contribution in [1.82, 2.24) is 9.80 Å². The summed E-state index contributed by atoms with van der Waals surface area (Å²) >= 11 is 0. The summed E-state index contributed by atoms with van der Waals surface area (Å²) in [7, 11) is 5.61. The van der Waals surface area contributed by atoms with E-state index in [1.165, 1.54) is 11.1 Å². The Hall–Kier alpha value is -3.29. The number of hydrogen-bond acceptors (Lipinski definition) is 5. The molecule has 1 aliphatic rings. The molecule has 6 nitrogen and oxygen atoms in total. The van der Waals surface area contributed by atoms with Crippen molar-refractivity contribution in [2.45, 2.75) is 13.0 Å². The number of carbonyl (C=O) groups excluding carboxylic acids is 1. The molecule has 1 atom stereocenters. The van der Waals surface area contributed by atoms with Gasteiger partial charge in [0.2, 0.25) is 5.91 Å². The third-order valence-corrected chi connectivity index (χ3v) is 6.97. The number of nitrogens with one attached hydrogen (secondary N) is 1. The minimum atomic E-state index is -0.0594. The van der Waals surface area contributed by atoms with Gasteiger partial charge in [0.05, 0.1) is 32.9 Å². The molecule has 0 aliphatic carbocycles. The Bertz CT molecular complexity index is 1150. The zero-order chi connectivity index (χ0) is 25.5. The highest BCUT2D eigenvalue weighted by Gasteiger charge is 2.25. The summed E-state index contributed by atoms with van der Waals surface area (Å²) in [5.41, 5.74) is 6.57. The third kappa shape index (κ3) is 6.28. The average Bonchev–Trinajstić information content (AvgIpc) is 2.92. The lowest BCUT2D eigenvalue weighted by Gasteiger charge is -2.35. The van der Waals surface area contributed by atoms with Gasteiger partial charge in [0.15, 0.2) is 0 Å². The largest absolute Gasteiger partial charge is 0.496 e. The first-order chi connectivity index (χ1) is 17.5. The lowest BCUT2D eigenvalue weighted by atomic mass is 9.92. The number of methoxy groups -OCH3 is 1. The SMILES string of the molecule is Bc1cc(C)c(OC)cc1NCC(=O)N(C)C(CN1CCOCC1)c1ccc(-c2ccccc2)cc1. The highest BCUT2D eigenvalue weighted by Crippen LogP contribution is 2.26. The fraction of sp³-hybridized carbons (Fsp3) is 0.345. The molecule has 1 amide bonds. The number of amides is 1. The Labute approximate surface area is 215 Å².